The fourth-order valence-electron chi connectivity index (χ4n) is 8.67. The molecular weight excluding hydrogens is 1070 g/mol. The fraction of sp³-hybridized carbons (Fsp3) is 0.547. The number of aliphatic carboxylic acids is 2. The molecule has 2 aromatic rings. The summed E-state index contributed by atoms with van der Waals surface area (Å²) in [6.45, 7) is 3.65. The van der Waals surface area contributed by atoms with E-state index in [1.165, 1.54) is 24.0 Å². The van der Waals surface area contributed by atoms with E-state index in [9.17, 15) is 73.2 Å². The molecule has 1 heterocycles. The second-order valence-corrected chi connectivity index (χ2v) is 20.2. The number of carbonyl (C=O) groups excluding carboxylic acids is 9. The van der Waals surface area contributed by atoms with Crippen molar-refractivity contribution in [2.45, 2.75) is 146 Å². The van der Waals surface area contributed by atoms with Gasteiger partial charge in [0.15, 0.2) is 5.96 Å². The second kappa shape index (κ2) is 34.6. The number of hydrogen-bond acceptors (Lipinski definition) is 16. The lowest BCUT2D eigenvalue weighted by molar-refractivity contribution is -0.143. The Bertz CT molecular complexity index is 2530. The number of phenolic OH excluding ortho intramolecular Hbond substituents is 1. The van der Waals surface area contributed by atoms with Crippen LogP contribution in [0.2, 0.25) is 0 Å². The molecule has 0 radical (unpaired) electrons. The number of benzene rings is 2. The molecule has 3 rings (SSSR count). The van der Waals surface area contributed by atoms with E-state index in [1.54, 1.807) is 56.3 Å². The van der Waals surface area contributed by atoms with Gasteiger partial charge in [-0.05, 0) is 100 Å². The highest BCUT2D eigenvalue weighted by Gasteiger charge is 2.39. The lowest BCUT2D eigenvalue weighted by Gasteiger charge is -2.30. The number of guanidine groups is 1. The van der Waals surface area contributed by atoms with Gasteiger partial charge in [-0.15, -0.1) is 0 Å². The molecule has 9 atom stereocenters. The number of nitrogens with two attached hydrogens (primary N) is 4. The van der Waals surface area contributed by atoms with Crippen molar-refractivity contribution in [3.05, 3.63) is 65.7 Å². The number of amides is 9. The first-order valence-electron chi connectivity index (χ1n) is 26.9. The number of rotatable bonds is 35. The SMILES string of the molecule is CC(C)C[C@H](NC(=O)[C@@H]1CCCN1C(=O)[C@H](C)NC(=O)[C@H](CC(=O)O)NC(=O)[C@H](CCCCN)NC(=O)[C@H](Cc1ccccc1)NC(=O)[C@H](CO)NC(=O)[C@@H](N)Cc1ccc(O)cc1)C(=O)NCC(=O)N[C@@H](CCCN=C(N)N)C(=O)O. The van der Waals surface area contributed by atoms with Crippen LogP contribution >= 0.6 is 0 Å². The van der Waals surface area contributed by atoms with Gasteiger partial charge in [-0.2, -0.15) is 0 Å². The van der Waals surface area contributed by atoms with E-state index in [4.69, 9.17) is 22.9 Å². The predicted octanol–water partition coefficient (Wildman–Crippen LogP) is -4.19. The largest absolute Gasteiger partial charge is 0.508 e. The van der Waals surface area contributed by atoms with Crippen molar-refractivity contribution in [1.82, 2.24) is 47.4 Å². The summed E-state index contributed by atoms with van der Waals surface area (Å²) in [5.41, 5.74) is 23.5. The van der Waals surface area contributed by atoms with Gasteiger partial charge >= 0.3 is 11.9 Å². The van der Waals surface area contributed by atoms with Crippen molar-refractivity contribution in [3.63, 3.8) is 0 Å². The molecule has 82 heavy (non-hydrogen) atoms. The zero-order chi connectivity index (χ0) is 61.1. The molecule has 1 aliphatic rings. The number of nitrogens with one attached hydrogen (secondary N) is 8. The van der Waals surface area contributed by atoms with E-state index >= 15 is 0 Å². The summed E-state index contributed by atoms with van der Waals surface area (Å²) in [5, 5.41) is 58.8. The maximum atomic E-state index is 14.2. The Hall–Kier alpha value is -8.44. The van der Waals surface area contributed by atoms with Crippen molar-refractivity contribution in [3.8, 4) is 5.75 Å². The average molecular weight is 1150 g/mol. The molecule has 9 amide bonds. The summed E-state index contributed by atoms with van der Waals surface area (Å²) in [6.07, 6.45) is 0.196. The molecule has 1 saturated heterocycles. The topological polar surface area (TPSA) is 485 Å². The lowest BCUT2D eigenvalue weighted by Crippen LogP contribution is -2.60. The summed E-state index contributed by atoms with van der Waals surface area (Å²) in [6, 6.07) is 1.73. The van der Waals surface area contributed by atoms with Crippen molar-refractivity contribution in [2.75, 3.05) is 32.8 Å². The van der Waals surface area contributed by atoms with Gasteiger partial charge in [0, 0.05) is 19.5 Å². The van der Waals surface area contributed by atoms with Crippen molar-refractivity contribution in [2.24, 2.45) is 33.8 Å². The Balaban J connectivity index is 1.73. The van der Waals surface area contributed by atoms with Crippen molar-refractivity contribution in [1.29, 1.82) is 0 Å². The quantitative estimate of drug-likeness (QED) is 0.0177. The van der Waals surface area contributed by atoms with Crippen molar-refractivity contribution >= 4 is 71.1 Å². The van der Waals surface area contributed by atoms with Gasteiger partial charge in [-0.3, -0.25) is 52.9 Å². The Labute approximate surface area is 474 Å². The predicted molar refractivity (Wildman–Crippen MR) is 296 cm³/mol. The van der Waals surface area contributed by atoms with E-state index in [1.807, 2.05) is 0 Å². The lowest BCUT2D eigenvalue weighted by atomic mass is 10.0. The maximum Gasteiger partial charge on any atom is 0.326 e. The number of phenols is 1. The second-order valence-electron chi connectivity index (χ2n) is 20.2. The molecule has 29 heteroatoms. The van der Waals surface area contributed by atoms with Crippen LogP contribution in [-0.4, -0.2) is 184 Å². The van der Waals surface area contributed by atoms with Crippen LogP contribution in [0.25, 0.3) is 0 Å². The number of carbonyl (C=O) groups is 11. The summed E-state index contributed by atoms with van der Waals surface area (Å²) in [5.74, 6) is -11.1. The number of carboxylic acids is 2. The van der Waals surface area contributed by atoms with Gasteiger partial charge in [-0.25, -0.2) is 4.79 Å². The zero-order valence-corrected chi connectivity index (χ0v) is 46.3. The third kappa shape index (κ3) is 23.7. The van der Waals surface area contributed by atoms with Gasteiger partial charge in [0.05, 0.1) is 25.6 Å². The molecule has 0 spiro atoms. The van der Waals surface area contributed by atoms with E-state index in [-0.39, 0.29) is 88.6 Å². The molecule has 20 N–H and O–H groups in total. The number of aliphatic imine (C=N–C) groups is 1. The molecule has 1 fully saturated rings. The fourth-order valence-corrected chi connectivity index (χ4v) is 8.67. The van der Waals surface area contributed by atoms with Crippen LogP contribution in [0.15, 0.2) is 59.6 Å². The molecule has 0 aromatic heterocycles. The molecular formula is C53H80N14O15. The van der Waals surface area contributed by atoms with Crippen LogP contribution in [0.4, 0.5) is 0 Å². The van der Waals surface area contributed by atoms with Crippen LogP contribution in [0, 0.1) is 5.92 Å². The van der Waals surface area contributed by atoms with Crippen LogP contribution in [0.1, 0.15) is 89.7 Å². The van der Waals surface area contributed by atoms with Crippen LogP contribution in [-0.2, 0) is 65.6 Å². The highest BCUT2D eigenvalue weighted by molar-refractivity contribution is 5.99. The van der Waals surface area contributed by atoms with Gasteiger partial charge in [0.25, 0.3) is 0 Å². The summed E-state index contributed by atoms with van der Waals surface area (Å²) in [4.78, 5) is 152. The normalized spacial score (nSPS) is 15.8. The molecule has 0 bridgehead atoms. The number of aliphatic hydroxyl groups is 1. The van der Waals surface area contributed by atoms with Gasteiger partial charge < -0.3 is 90.8 Å². The Kier molecular flexibility index (Phi) is 28.7. The van der Waals surface area contributed by atoms with E-state index in [2.05, 4.69) is 47.5 Å². The number of likely N-dealkylation sites (tertiary alicyclic amines) is 1. The molecule has 0 aliphatic carbocycles. The number of aliphatic hydroxyl groups excluding tert-OH is 1. The maximum absolute atomic E-state index is 14.2. The van der Waals surface area contributed by atoms with Crippen LogP contribution < -0.4 is 65.5 Å². The van der Waals surface area contributed by atoms with E-state index in [0.29, 0.717) is 24.0 Å². The number of unbranched alkanes of at least 4 members (excludes halogenated alkanes) is 1. The number of aromatic hydroxyl groups is 1. The standard InChI is InChI=1S/C53H80N14O15/c1-29(2)23-37(45(74)59-27-42(70)61-36(52(81)82)14-9-21-58-53(56)57)65-50(79)41-15-10-22-67(41)51(80)30(3)60-47(76)39(26-43(71)72)64-46(75)35(13-7-8-20-54)62-48(77)38(25-31-11-5-4-6-12-31)63-49(78)40(28-68)66-44(73)34(55)24-32-16-18-33(69)19-17-32/h4-6,11-12,16-19,29-30,34-41,68-69H,7-10,13-15,20-28,54-55H2,1-3H3,(H,59,74)(H,60,76)(H,61,70)(H,62,77)(H,63,78)(H,64,75)(H,65,79)(H,66,73)(H,71,72)(H,81,82)(H4,56,57,58)/t30-,34-,35-,36-,37-,38-,39-,40-,41-/m0/s1. The van der Waals surface area contributed by atoms with E-state index in [0.717, 1.165) is 0 Å². The minimum absolute atomic E-state index is 0.00309. The molecule has 0 unspecified atom stereocenters. The zero-order valence-electron chi connectivity index (χ0n) is 46.3. The summed E-state index contributed by atoms with van der Waals surface area (Å²) in [7, 11) is 0. The van der Waals surface area contributed by atoms with Crippen LogP contribution in [0.3, 0.4) is 0 Å². The Morgan fingerprint density at radius 1 is 0.659 bits per heavy atom. The summed E-state index contributed by atoms with van der Waals surface area (Å²) < 4.78 is 0. The van der Waals surface area contributed by atoms with Crippen LogP contribution in [0.5, 0.6) is 5.75 Å². The smallest absolute Gasteiger partial charge is 0.326 e. The van der Waals surface area contributed by atoms with Gasteiger partial charge in [0.2, 0.25) is 53.2 Å². The van der Waals surface area contributed by atoms with Crippen molar-refractivity contribution < 1.29 is 73.2 Å². The van der Waals surface area contributed by atoms with E-state index < -0.39 is 139 Å². The first kappa shape index (κ1) is 67.8. The third-order valence-electron chi connectivity index (χ3n) is 13.0. The minimum atomic E-state index is -1.83. The molecule has 29 nitrogen and oxygen atoms in total. The third-order valence-corrected chi connectivity index (χ3v) is 13.0. The molecule has 1 aliphatic heterocycles. The minimum Gasteiger partial charge on any atom is -0.508 e. The number of nitrogens with zero attached hydrogens (tertiary/aromatic N) is 2. The number of carboxylic acid groups (broad SMARTS) is 2. The first-order chi connectivity index (χ1) is 38.8. The summed E-state index contributed by atoms with van der Waals surface area (Å²) >= 11 is 0. The first-order valence-corrected chi connectivity index (χ1v) is 26.9. The highest BCUT2D eigenvalue weighted by atomic mass is 16.4. The Morgan fingerprint density at radius 3 is 1.85 bits per heavy atom. The van der Waals surface area contributed by atoms with Gasteiger partial charge in [-0.1, -0.05) is 56.3 Å². The molecule has 0 saturated carbocycles. The monoisotopic (exact) mass is 1150 g/mol. The highest BCUT2D eigenvalue weighted by Crippen LogP contribution is 2.20. The van der Waals surface area contributed by atoms with Gasteiger partial charge in [0.1, 0.15) is 54.1 Å². The number of hydrogen-bond donors (Lipinski definition) is 16. The Morgan fingerprint density at radius 2 is 1.24 bits per heavy atom. The molecule has 2 aromatic carbocycles. The molecule has 452 valence electrons. The average Bonchev–Trinajstić information content (AvgIpc) is 4.02.